The monoisotopic (exact) mass is 693 g/mol. The number of phenols is 1. The number of benzene rings is 4. The fourth-order valence-corrected chi connectivity index (χ4v) is 6.52. The van der Waals surface area contributed by atoms with Gasteiger partial charge < -0.3 is 16.2 Å². The zero-order valence-corrected chi connectivity index (χ0v) is 26.8. The van der Waals surface area contributed by atoms with E-state index in [4.69, 9.17) is 5.73 Å². The molecule has 248 valence electrons. The molecule has 1 heterocycles. The van der Waals surface area contributed by atoms with Gasteiger partial charge in [0.2, 0.25) is 5.91 Å². The van der Waals surface area contributed by atoms with E-state index in [1.807, 2.05) is 19.1 Å². The Bertz CT molecular complexity index is 2320. The Morgan fingerprint density at radius 1 is 0.812 bits per heavy atom. The number of nitrogen functional groups attached to an aromatic ring is 1. The standard InChI is InChI=1S/C31H27N5O10S2/c1-16-13-18(3-6-21(16)33-26(37)11-12-36-27(38)9-10-28(36)39)19-4-7-22(17(2)14-19)34-35-23-8-5-20-24(47(41,42)43)15-25(48(44,45)46)30(32)29(20)31(23)40/h3-10,13-15,40H,11-12,32H2,1-2H3,(H,33,37)(H,41,42,43)(H,44,45,46)/b35-34+. The van der Waals surface area contributed by atoms with Crippen LogP contribution in [0.25, 0.3) is 21.9 Å². The third kappa shape index (κ3) is 6.79. The Labute approximate surface area is 273 Å². The van der Waals surface area contributed by atoms with Crippen molar-refractivity contribution in [1.29, 1.82) is 0 Å². The van der Waals surface area contributed by atoms with Crippen LogP contribution in [0.3, 0.4) is 0 Å². The molecule has 0 unspecified atom stereocenters. The summed E-state index contributed by atoms with van der Waals surface area (Å²) in [6.07, 6.45) is 2.26. The average molecular weight is 694 g/mol. The lowest BCUT2D eigenvalue weighted by atomic mass is 10.00. The molecular weight excluding hydrogens is 667 g/mol. The van der Waals surface area contributed by atoms with Crippen molar-refractivity contribution in [2.45, 2.75) is 30.1 Å². The largest absolute Gasteiger partial charge is 0.505 e. The number of nitrogens with two attached hydrogens (primary N) is 1. The predicted molar refractivity (Wildman–Crippen MR) is 174 cm³/mol. The Kier molecular flexibility index (Phi) is 8.89. The smallest absolute Gasteiger partial charge is 0.296 e. The van der Waals surface area contributed by atoms with Crippen LogP contribution in [0.15, 0.2) is 86.8 Å². The van der Waals surface area contributed by atoms with Crippen molar-refractivity contribution in [1.82, 2.24) is 4.90 Å². The van der Waals surface area contributed by atoms with Crippen LogP contribution < -0.4 is 11.1 Å². The topological polar surface area (TPSA) is 246 Å². The normalized spacial score (nSPS) is 13.6. The number of anilines is 2. The SMILES string of the molecule is Cc1cc(-c2ccc(NC(=O)CCN3C(=O)C=CC3=O)c(C)c2)ccc1/N=N/c1ccc2c(S(=O)(=O)O)cc(S(=O)(=O)O)c(N)c2c1O. The second-order valence-corrected chi connectivity index (χ2v) is 13.6. The number of nitrogens with zero attached hydrogens (tertiary/aromatic N) is 3. The van der Waals surface area contributed by atoms with Gasteiger partial charge in [-0.1, -0.05) is 18.2 Å². The van der Waals surface area contributed by atoms with Gasteiger partial charge in [0.15, 0.2) is 5.75 Å². The maximum Gasteiger partial charge on any atom is 0.296 e. The molecule has 0 saturated heterocycles. The van der Waals surface area contributed by atoms with Gasteiger partial charge in [0.25, 0.3) is 32.1 Å². The zero-order valence-electron chi connectivity index (χ0n) is 25.2. The van der Waals surface area contributed by atoms with Crippen LogP contribution in [0.4, 0.5) is 22.7 Å². The van der Waals surface area contributed by atoms with Crippen molar-refractivity contribution in [2.24, 2.45) is 10.2 Å². The van der Waals surface area contributed by atoms with Crippen LogP contribution >= 0.6 is 0 Å². The number of nitrogens with one attached hydrogen (secondary N) is 1. The highest BCUT2D eigenvalue weighted by atomic mass is 32.2. The highest BCUT2D eigenvalue weighted by Gasteiger charge is 2.27. The van der Waals surface area contributed by atoms with Gasteiger partial charge in [-0.2, -0.15) is 21.9 Å². The Morgan fingerprint density at radius 2 is 1.38 bits per heavy atom. The van der Waals surface area contributed by atoms with E-state index in [1.165, 1.54) is 6.07 Å². The summed E-state index contributed by atoms with van der Waals surface area (Å²) >= 11 is 0. The van der Waals surface area contributed by atoms with E-state index in [-0.39, 0.29) is 29.9 Å². The highest BCUT2D eigenvalue weighted by Crippen LogP contribution is 2.44. The summed E-state index contributed by atoms with van der Waals surface area (Å²) < 4.78 is 66.8. The first-order chi connectivity index (χ1) is 22.5. The second kappa shape index (κ2) is 12.6. The lowest BCUT2D eigenvalue weighted by Gasteiger charge is -2.14. The van der Waals surface area contributed by atoms with E-state index >= 15 is 0 Å². The minimum Gasteiger partial charge on any atom is -0.505 e. The molecule has 0 atom stereocenters. The number of aryl methyl sites for hydroxylation is 2. The maximum atomic E-state index is 12.5. The highest BCUT2D eigenvalue weighted by molar-refractivity contribution is 7.87. The van der Waals surface area contributed by atoms with Crippen LogP contribution in [0.5, 0.6) is 5.75 Å². The van der Waals surface area contributed by atoms with Crippen LogP contribution in [-0.4, -0.2) is 60.2 Å². The van der Waals surface area contributed by atoms with E-state index in [0.29, 0.717) is 23.0 Å². The summed E-state index contributed by atoms with van der Waals surface area (Å²) in [7, 11) is -10.1. The van der Waals surface area contributed by atoms with Crippen LogP contribution in [0.2, 0.25) is 0 Å². The summed E-state index contributed by atoms with van der Waals surface area (Å²) in [6, 6.07) is 13.5. The maximum absolute atomic E-state index is 12.5. The minimum atomic E-state index is -5.05. The number of azo groups is 1. The third-order valence-corrected chi connectivity index (χ3v) is 9.32. The van der Waals surface area contributed by atoms with Crippen molar-refractivity contribution in [3.8, 4) is 16.9 Å². The first-order valence-electron chi connectivity index (χ1n) is 14.0. The lowest BCUT2D eigenvalue weighted by molar-refractivity contribution is -0.137. The first kappa shape index (κ1) is 33.9. The van der Waals surface area contributed by atoms with Crippen LogP contribution in [0, 0.1) is 13.8 Å². The first-order valence-corrected chi connectivity index (χ1v) is 16.8. The summed E-state index contributed by atoms with van der Waals surface area (Å²) in [5.41, 5.74) is 9.03. The van der Waals surface area contributed by atoms with Crippen molar-refractivity contribution in [3.05, 3.63) is 77.9 Å². The van der Waals surface area contributed by atoms with Crippen LogP contribution in [0.1, 0.15) is 17.5 Å². The number of fused-ring (bicyclic) bond motifs is 1. The Morgan fingerprint density at radius 3 is 1.96 bits per heavy atom. The summed E-state index contributed by atoms with van der Waals surface area (Å²) in [6.45, 7) is 3.54. The molecule has 1 aliphatic heterocycles. The zero-order chi connectivity index (χ0) is 35.1. The molecule has 4 aromatic rings. The predicted octanol–water partition coefficient (Wildman–Crippen LogP) is 4.57. The molecule has 4 aromatic carbocycles. The number of imide groups is 1. The van der Waals surface area contributed by atoms with Crippen molar-refractivity contribution in [2.75, 3.05) is 17.6 Å². The van der Waals surface area contributed by atoms with E-state index in [1.54, 1.807) is 31.2 Å². The van der Waals surface area contributed by atoms with Gasteiger partial charge in [0, 0.05) is 36.2 Å². The molecule has 0 aromatic heterocycles. The molecule has 0 spiro atoms. The molecule has 0 aliphatic carbocycles. The average Bonchev–Trinajstić information content (AvgIpc) is 3.32. The number of rotatable bonds is 9. The van der Waals surface area contributed by atoms with Gasteiger partial charge in [-0.05, 0) is 72.5 Å². The Balaban J connectivity index is 1.37. The summed E-state index contributed by atoms with van der Waals surface area (Å²) in [5, 5.41) is 21.1. The third-order valence-electron chi connectivity index (χ3n) is 7.53. The fraction of sp³-hybridized carbons (Fsp3) is 0.129. The molecule has 0 bridgehead atoms. The fourth-order valence-electron chi connectivity index (χ4n) is 5.08. The molecule has 15 nitrogen and oxygen atoms in total. The summed E-state index contributed by atoms with van der Waals surface area (Å²) in [5.74, 6) is -2.01. The van der Waals surface area contributed by atoms with Crippen LogP contribution in [-0.2, 0) is 34.6 Å². The van der Waals surface area contributed by atoms with E-state index in [0.717, 1.165) is 39.8 Å². The number of carbonyl (C=O) groups is 3. The van der Waals surface area contributed by atoms with E-state index < -0.39 is 58.7 Å². The van der Waals surface area contributed by atoms with Crippen molar-refractivity contribution < 1.29 is 45.4 Å². The van der Waals surface area contributed by atoms with Gasteiger partial charge in [-0.15, -0.1) is 5.11 Å². The molecule has 48 heavy (non-hydrogen) atoms. The Hall–Kier alpha value is -5.49. The van der Waals surface area contributed by atoms with E-state index in [9.17, 15) is 45.4 Å². The molecule has 0 radical (unpaired) electrons. The number of aromatic hydroxyl groups is 1. The number of hydrogen-bond acceptors (Lipinski definition) is 11. The summed E-state index contributed by atoms with van der Waals surface area (Å²) in [4.78, 5) is 34.9. The molecule has 3 amide bonds. The molecule has 17 heteroatoms. The number of amides is 3. The minimum absolute atomic E-state index is 0.0327. The van der Waals surface area contributed by atoms with Gasteiger partial charge in [0.1, 0.15) is 15.5 Å². The number of hydrogen-bond donors (Lipinski definition) is 5. The molecule has 6 N–H and O–H groups in total. The van der Waals surface area contributed by atoms with Gasteiger partial charge in [-0.25, -0.2) is 0 Å². The lowest BCUT2D eigenvalue weighted by Crippen LogP contribution is -2.33. The number of carbonyl (C=O) groups excluding carboxylic acids is 3. The van der Waals surface area contributed by atoms with Gasteiger partial charge in [-0.3, -0.25) is 28.4 Å². The van der Waals surface area contributed by atoms with Crippen molar-refractivity contribution >= 4 is 71.5 Å². The molecule has 1 aliphatic rings. The van der Waals surface area contributed by atoms with Gasteiger partial charge in [0.05, 0.1) is 16.8 Å². The molecule has 5 rings (SSSR count). The molecule has 0 saturated carbocycles. The second-order valence-electron chi connectivity index (χ2n) is 10.8. The quantitative estimate of drug-likeness (QED) is 0.0703. The van der Waals surface area contributed by atoms with Crippen molar-refractivity contribution in [3.63, 3.8) is 0 Å². The number of phenolic OH excluding ortho intramolecular Hbond substituents is 1. The molecular formula is C31H27N5O10S2. The van der Waals surface area contributed by atoms with E-state index in [2.05, 4.69) is 15.5 Å². The molecule has 0 fully saturated rings. The van der Waals surface area contributed by atoms with Gasteiger partial charge >= 0.3 is 0 Å².